The Kier molecular flexibility index (Phi) is 4.58. The molecule has 0 N–H and O–H groups in total. The molecule has 0 heterocycles. The summed E-state index contributed by atoms with van der Waals surface area (Å²) in [7, 11) is 0. The van der Waals surface area contributed by atoms with Crippen molar-refractivity contribution in [2.45, 2.75) is 32.1 Å². The molecule has 17 heavy (non-hydrogen) atoms. The Morgan fingerprint density at radius 1 is 1.35 bits per heavy atom. The second-order valence-electron chi connectivity index (χ2n) is 4.81. The Labute approximate surface area is 114 Å². The number of alkyl halides is 1. The van der Waals surface area contributed by atoms with E-state index in [4.69, 9.17) is 23.2 Å². The van der Waals surface area contributed by atoms with Crippen molar-refractivity contribution in [3.8, 4) is 0 Å². The van der Waals surface area contributed by atoms with Gasteiger partial charge in [0.2, 0.25) is 0 Å². The van der Waals surface area contributed by atoms with E-state index >= 15 is 0 Å². The predicted molar refractivity (Wildman–Crippen MR) is 76.2 cm³/mol. The number of anilines is 1. The predicted octanol–water partition coefficient (Wildman–Crippen LogP) is 4.71. The first-order chi connectivity index (χ1) is 8.24. The van der Waals surface area contributed by atoms with E-state index in [0.29, 0.717) is 5.88 Å². The van der Waals surface area contributed by atoms with Crippen molar-refractivity contribution in [3.05, 3.63) is 28.8 Å². The lowest BCUT2D eigenvalue weighted by Gasteiger charge is -2.25. The number of hydrogen-bond donors (Lipinski definition) is 0. The SMILES string of the molecule is CCCN(CC1CC1)c1ccc(CCl)cc1Cl. The van der Waals surface area contributed by atoms with Gasteiger partial charge in [-0.1, -0.05) is 24.6 Å². The van der Waals surface area contributed by atoms with Crippen LogP contribution in [-0.2, 0) is 5.88 Å². The third kappa shape index (κ3) is 3.53. The fourth-order valence-corrected chi connectivity index (χ4v) is 2.57. The van der Waals surface area contributed by atoms with E-state index in [1.165, 1.54) is 12.8 Å². The Balaban J connectivity index is 2.15. The molecule has 3 heteroatoms. The fourth-order valence-electron chi connectivity index (χ4n) is 2.08. The van der Waals surface area contributed by atoms with E-state index in [1.54, 1.807) is 0 Å². The maximum absolute atomic E-state index is 6.34. The molecule has 1 aromatic carbocycles. The van der Waals surface area contributed by atoms with Crippen LogP contribution in [0, 0.1) is 5.92 Å². The van der Waals surface area contributed by atoms with Crippen molar-refractivity contribution in [1.29, 1.82) is 0 Å². The molecular formula is C14H19Cl2N. The summed E-state index contributed by atoms with van der Waals surface area (Å²) in [5, 5.41) is 0.831. The molecule has 0 bridgehead atoms. The van der Waals surface area contributed by atoms with Gasteiger partial charge in [-0.15, -0.1) is 11.6 Å². The van der Waals surface area contributed by atoms with E-state index in [0.717, 1.165) is 41.7 Å². The molecule has 0 unspecified atom stereocenters. The van der Waals surface area contributed by atoms with Crippen LogP contribution in [0.4, 0.5) is 5.69 Å². The molecule has 1 aromatic rings. The summed E-state index contributed by atoms with van der Waals surface area (Å²) in [5.41, 5.74) is 2.25. The average molecular weight is 272 g/mol. The maximum atomic E-state index is 6.34. The monoisotopic (exact) mass is 271 g/mol. The van der Waals surface area contributed by atoms with Gasteiger partial charge in [0.1, 0.15) is 0 Å². The Bertz CT molecular complexity index is 374. The highest BCUT2D eigenvalue weighted by molar-refractivity contribution is 6.33. The fraction of sp³-hybridized carbons (Fsp3) is 0.571. The van der Waals surface area contributed by atoms with Crippen LogP contribution >= 0.6 is 23.2 Å². The second-order valence-corrected chi connectivity index (χ2v) is 5.48. The van der Waals surface area contributed by atoms with Crippen LogP contribution in [0.15, 0.2) is 18.2 Å². The summed E-state index contributed by atoms with van der Waals surface area (Å²) in [6.45, 7) is 4.44. The van der Waals surface area contributed by atoms with Crippen molar-refractivity contribution >= 4 is 28.9 Å². The van der Waals surface area contributed by atoms with Gasteiger partial charge < -0.3 is 4.90 Å². The quantitative estimate of drug-likeness (QED) is 0.678. The minimum Gasteiger partial charge on any atom is -0.370 e. The highest BCUT2D eigenvalue weighted by Gasteiger charge is 2.24. The maximum Gasteiger partial charge on any atom is 0.0642 e. The summed E-state index contributed by atoms with van der Waals surface area (Å²) in [6, 6.07) is 6.17. The summed E-state index contributed by atoms with van der Waals surface area (Å²) < 4.78 is 0. The summed E-state index contributed by atoms with van der Waals surface area (Å²) in [6.07, 6.45) is 3.90. The number of hydrogen-bond acceptors (Lipinski definition) is 1. The lowest BCUT2D eigenvalue weighted by molar-refractivity contribution is 0.708. The minimum atomic E-state index is 0.524. The van der Waals surface area contributed by atoms with Crippen molar-refractivity contribution in [2.24, 2.45) is 5.92 Å². The molecular weight excluding hydrogens is 253 g/mol. The number of rotatable bonds is 6. The van der Waals surface area contributed by atoms with E-state index in [2.05, 4.69) is 24.0 Å². The topological polar surface area (TPSA) is 3.24 Å². The molecule has 0 aromatic heterocycles. The van der Waals surface area contributed by atoms with E-state index in [1.807, 2.05) is 6.07 Å². The molecule has 94 valence electrons. The van der Waals surface area contributed by atoms with Crippen LogP contribution in [0.25, 0.3) is 0 Å². The Hall–Kier alpha value is -0.400. The van der Waals surface area contributed by atoms with Crippen LogP contribution in [0.3, 0.4) is 0 Å². The van der Waals surface area contributed by atoms with Gasteiger partial charge in [-0.3, -0.25) is 0 Å². The van der Waals surface area contributed by atoms with Crippen LogP contribution < -0.4 is 4.90 Å². The normalized spacial score (nSPS) is 15.0. The largest absolute Gasteiger partial charge is 0.370 e. The first-order valence-corrected chi connectivity index (χ1v) is 7.25. The van der Waals surface area contributed by atoms with Gasteiger partial charge in [0.05, 0.1) is 10.7 Å². The smallest absolute Gasteiger partial charge is 0.0642 e. The summed E-state index contributed by atoms with van der Waals surface area (Å²) in [5.74, 6) is 1.40. The zero-order valence-electron chi connectivity index (χ0n) is 10.3. The van der Waals surface area contributed by atoms with Gasteiger partial charge in [-0.05, 0) is 42.9 Å². The molecule has 0 atom stereocenters. The van der Waals surface area contributed by atoms with Gasteiger partial charge in [-0.2, -0.15) is 0 Å². The molecule has 0 amide bonds. The van der Waals surface area contributed by atoms with E-state index < -0.39 is 0 Å². The summed E-state index contributed by atoms with van der Waals surface area (Å²) >= 11 is 12.2. The molecule has 0 radical (unpaired) electrons. The number of benzene rings is 1. The molecule has 2 rings (SSSR count). The third-order valence-corrected chi connectivity index (χ3v) is 3.79. The van der Waals surface area contributed by atoms with Crippen molar-refractivity contribution in [1.82, 2.24) is 0 Å². The first-order valence-electron chi connectivity index (χ1n) is 6.34. The number of nitrogens with zero attached hydrogens (tertiary/aromatic N) is 1. The van der Waals surface area contributed by atoms with E-state index in [9.17, 15) is 0 Å². The van der Waals surface area contributed by atoms with E-state index in [-0.39, 0.29) is 0 Å². The second kappa shape index (κ2) is 5.97. The van der Waals surface area contributed by atoms with Gasteiger partial charge >= 0.3 is 0 Å². The average Bonchev–Trinajstić information content (AvgIpc) is 3.12. The first kappa shape index (κ1) is 13.0. The Morgan fingerprint density at radius 2 is 2.12 bits per heavy atom. The van der Waals surface area contributed by atoms with Crippen LogP contribution in [0.2, 0.25) is 5.02 Å². The van der Waals surface area contributed by atoms with Crippen molar-refractivity contribution < 1.29 is 0 Å². The molecule has 1 fully saturated rings. The lowest BCUT2D eigenvalue weighted by Crippen LogP contribution is -2.26. The van der Waals surface area contributed by atoms with Crippen molar-refractivity contribution in [3.63, 3.8) is 0 Å². The lowest BCUT2D eigenvalue weighted by atomic mass is 10.2. The summed E-state index contributed by atoms with van der Waals surface area (Å²) in [4.78, 5) is 2.41. The standard InChI is InChI=1S/C14H19Cl2N/c1-2-7-17(10-11-3-4-11)14-6-5-12(9-15)8-13(14)16/h5-6,8,11H,2-4,7,9-10H2,1H3. The molecule has 0 spiro atoms. The molecule has 0 aliphatic heterocycles. The molecule has 1 saturated carbocycles. The van der Waals surface area contributed by atoms with Crippen LogP contribution in [0.1, 0.15) is 31.7 Å². The third-order valence-electron chi connectivity index (χ3n) is 3.18. The highest BCUT2D eigenvalue weighted by Crippen LogP contribution is 2.34. The zero-order valence-corrected chi connectivity index (χ0v) is 11.8. The number of halogens is 2. The van der Waals surface area contributed by atoms with Crippen molar-refractivity contribution in [2.75, 3.05) is 18.0 Å². The molecule has 1 nitrogen and oxygen atoms in total. The van der Waals surface area contributed by atoms with Crippen LogP contribution in [0.5, 0.6) is 0 Å². The minimum absolute atomic E-state index is 0.524. The van der Waals surface area contributed by atoms with Gasteiger partial charge in [0.15, 0.2) is 0 Å². The zero-order chi connectivity index (χ0) is 12.3. The van der Waals surface area contributed by atoms with Crippen LogP contribution in [-0.4, -0.2) is 13.1 Å². The molecule has 0 saturated heterocycles. The van der Waals surface area contributed by atoms with Gasteiger partial charge in [0, 0.05) is 19.0 Å². The highest BCUT2D eigenvalue weighted by atomic mass is 35.5. The molecule has 1 aliphatic carbocycles. The molecule has 1 aliphatic rings. The van der Waals surface area contributed by atoms with Gasteiger partial charge in [-0.25, -0.2) is 0 Å². The van der Waals surface area contributed by atoms with Gasteiger partial charge in [0.25, 0.3) is 0 Å². The Morgan fingerprint density at radius 3 is 2.65 bits per heavy atom.